The highest BCUT2D eigenvalue weighted by molar-refractivity contribution is 7.91. The molecule has 1 aromatic heterocycles. The third-order valence-electron chi connectivity index (χ3n) is 5.36. The predicted molar refractivity (Wildman–Crippen MR) is 119 cm³/mol. The number of carbonyl (C=O) groups is 1. The van der Waals surface area contributed by atoms with Gasteiger partial charge in [-0.25, -0.2) is 17.6 Å². The predicted octanol–water partition coefficient (Wildman–Crippen LogP) is 3.41. The van der Waals surface area contributed by atoms with E-state index in [4.69, 9.17) is 0 Å². The third-order valence-corrected chi connectivity index (χ3v) is 7.17. The molecule has 3 aromatic carbocycles. The minimum atomic E-state index is -4.07. The van der Waals surface area contributed by atoms with Gasteiger partial charge in [0.2, 0.25) is 9.84 Å². The van der Waals surface area contributed by atoms with Gasteiger partial charge < -0.3 is 5.32 Å². The summed E-state index contributed by atoms with van der Waals surface area (Å²) in [4.78, 5) is 25.0. The van der Waals surface area contributed by atoms with Crippen molar-refractivity contribution in [1.29, 1.82) is 0 Å². The number of anilines is 1. The Morgan fingerprint density at radius 2 is 1.53 bits per heavy atom. The zero-order chi connectivity index (χ0) is 23.2. The summed E-state index contributed by atoms with van der Waals surface area (Å²) in [6.07, 6.45) is 0. The van der Waals surface area contributed by atoms with Crippen molar-refractivity contribution in [2.45, 2.75) is 16.7 Å². The number of halogens is 1. The van der Waals surface area contributed by atoms with Gasteiger partial charge in [-0.2, -0.15) is 0 Å². The van der Waals surface area contributed by atoms with Crippen LogP contribution in [0.15, 0.2) is 75.2 Å². The second kappa shape index (κ2) is 7.76. The summed E-state index contributed by atoms with van der Waals surface area (Å²) in [5.41, 5.74) is 1.06. The first-order valence-electron chi connectivity index (χ1n) is 9.68. The van der Waals surface area contributed by atoms with E-state index in [0.29, 0.717) is 11.0 Å². The molecule has 7 nitrogen and oxygen atoms in total. The number of carbonyl (C=O) groups excluding carboxylic acids is 1. The lowest BCUT2D eigenvalue weighted by Gasteiger charge is -2.14. The van der Waals surface area contributed by atoms with Crippen LogP contribution in [0.25, 0.3) is 11.0 Å². The Balaban J connectivity index is 1.95. The van der Waals surface area contributed by atoms with Crippen LogP contribution in [0, 0.1) is 12.7 Å². The molecule has 0 spiro atoms. The van der Waals surface area contributed by atoms with Crippen LogP contribution in [0.3, 0.4) is 0 Å². The number of aromatic nitrogens is 2. The van der Waals surface area contributed by atoms with E-state index in [1.165, 1.54) is 58.6 Å². The Morgan fingerprint density at radius 3 is 2.16 bits per heavy atom. The summed E-state index contributed by atoms with van der Waals surface area (Å²) < 4.78 is 43.8. The molecule has 0 bridgehead atoms. The normalized spacial score (nSPS) is 11.6. The molecule has 1 amide bonds. The highest BCUT2D eigenvalue weighted by atomic mass is 32.2. The zero-order valence-electron chi connectivity index (χ0n) is 17.6. The number of rotatable bonds is 4. The Bertz CT molecular complexity index is 1530. The fourth-order valence-electron chi connectivity index (χ4n) is 3.53. The van der Waals surface area contributed by atoms with Gasteiger partial charge in [0, 0.05) is 14.1 Å². The molecule has 0 aliphatic rings. The molecule has 4 aromatic rings. The van der Waals surface area contributed by atoms with Crippen LogP contribution < -0.4 is 11.0 Å². The minimum absolute atomic E-state index is 0.0322. The Labute approximate surface area is 183 Å². The maximum atomic E-state index is 14.1. The van der Waals surface area contributed by atoms with Crippen LogP contribution in [-0.2, 0) is 23.9 Å². The number of imidazole rings is 1. The molecule has 32 heavy (non-hydrogen) atoms. The second-order valence-electron chi connectivity index (χ2n) is 7.49. The van der Waals surface area contributed by atoms with Crippen molar-refractivity contribution >= 4 is 32.5 Å². The van der Waals surface area contributed by atoms with Crippen LogP contribution in [0.1, 0.15) is 15.9 Å². The summed E-state index contributed by atoms with van der Waals surface area (Å²) in [7, 11) is -0.994. The molecule has 0 saturated heterocycles. The van der Waals surface area contributed by atoms with Gasteiger partial charge in [-0.05, 0) is 43.3 Å². The van der Waals surface area contributed by atoms with Crippen molar-refractivity contribution in [2.24, 2.45) is 14.1 Å². The molecule has 0 atom stereocenters. The summed E-state index contributed by atoms with van der Waals surface area (Å²) in [5.74, 6) is -1.54. The largest absolute Gasteiger partial charge is 0.328 e. The monoisotopic (exact) mass is 453 g/mol. The standard InChI is InChI=1S/C23H20FN3O4S/c1-14-8-10-15(11-9-14)32(30,31)21-13-20-19(26(2)23(29)27(20)3)12-18(21)25-22(28)16-6-4-5-7-17(16)24/h4-13H,1-3H3,(H,25,28). The Hall–Kier alpha value is -3.72. The van der Waals surface area contributed by atoms with Crippen molar-refractivity contribution < 1.29 is 17.6 Å². The van der Waals surface area contributed by atoms with E-state index in [1.807, 2.05) is 6.92 Å². The molecule has 0 radical (unpaired) electrons. The molecule has 4 rings (SSSR count). The topological polar surface area (TPSA) is 90.2 Å². The molecule has 164 valence electrons. The van der Waals surface area contributed by atoms with Gasteiger partial charge in [-0.3, -0.25) is 13.9 Å². The van der Waals surface area contributed by atoms with E-state index in [0.717, 1.165) is 11.6 Å². The maximum absolute atomic E-state index is 14.1. The lowest BCUT2D eigenvalue weighted by Crippen LogP contribution is -2.19. The summed E-state index contributed by atoms with van der Waals surface area (Å²) in [5, 5.41) is 2.52. The van der Waals surface area contributed by atoms with Gasteiger partial charge in [0.05, 0.1) is 32.1 Å². The lowest BCUT2D eigenvalue weighted by atomic mass is 10.2. The maximum Gasteiger partial charge on any atom is 0.328 e. The molecule has 0 saturated carbocycles. The molecule has 0 aliphatic heterocycles. The van der Waals surface area contributed by atoms with Gasteiger partial charge in [-0.1, -0.05) is 29.8 Å². The molecular weight excluding hydrogens is 433 g/mol. The highest BCUT2D eigenvalue weighted by Crippen LogP contribution is 2.32. The summed E-state index contributed by atoms with van der Waals surface area (Å²) in [6, 6.07) is 14.4. The van der Waals surface area contributed by atoms with E-state index < -0.39 is 21.6 Å². The van der Waals surface area contributed by atoms with Gasteiger partial charge in [0.15, 0.2) is 0 Å². The number of hydrogen-bond acceptors (Lipinski definition) is 4. The Kier molecular flexibility index (Phi) is 5.21. The minimum Gasteiger partial charge on any atom is -0.321 e. The number of fused-ring (bicyclic) bond motifs is 1. The SMILES string of the molecule is Cc1ccc(S(=O)(=O)c2cc3c(cc2NC(=O)c2ccccc2F)n(C)c(=O)n3C)cc1. The number of nitrogens with one attached hydrogen (secondary N) is 1. The highest BCUT2D eigenvalue weighted by Gasteiger charge is 2.26. The van der Waals surface area contributed by atoms with Crippen LogP contribution in [-0.4, -0.2) is 23.5 Å². The zero-order valence-corrected chi connectivity index (χ0v) is 18.4. The van der Waals surface area contributed by atoms with Crippen LogP contribution in [0.5, 0.6) is 0 Å². The number of amides is 1. The molecular formula is C23H20FN3O4S. The van der Waals surface area contributed by atoms with E-state index in [1.54, 1.807) is 19.2 Å². The number of nitrogens with zero attached hydrogens (tertiary/aromatic N) is 2. The summed E-state index contributed by atoms with van der Waals surface area (Å²) in [6.45, 7) is 1.84. The van der Waals surface area contributed by atoms with Crippen LogP contribution in [0.2, 0.25) is 0 Å². The molecule has 1 heterocycles. The first kappa shape index (κ1) is 21.5. The van der Waals surface area contributed by atoms with Gasteiger partial charge in [-0.15, -0.1) is 0 Å². The smallest absolute Gasteiger partial charge is 0.321 e. The van der Waals surface area contributed by atoms with E-state index in [-0.39, 0.29) is 26.7 Å². The van der Waals surface area contributed by atoms with Crippen molar-refractivity contribution in [3.05, 3.63) is 88.1 Å². The summed E-state index contributed by atoms with van der Waals surface area (Å²) >= 11 is 0. The first-order chi connectivity index (χ1) is 15.1. The van der Waals surface area contributed by atoms with Crippen LogP contribution in [0.4, 0.5) is 10.1 Å². The van der Waals surface area contributed by atoms with Crippen molar-refractivity contribution in [3.8, 4) is 0 Å². The van der Waals surface area contributed by atoms with Gasteiger partial charge in [0.25, 0.3) is 5.91 Å². The molecule has 1 N–H and O–H groups in total. The average Bonchev–Trinajstić information content (AvgIpc) is 2.97. The average molecular weight is 453 g/mol. The van der Waals surface area contributed by atoms with Crippen LogP contribution >= 0.6 is 0 Å². The van der Waals surface area contributed by atoms with E-state index >= 15 is 0 Å². The molecule has 0 fully saturated rings. The quantitative estimate of drug-likeness (QED) is 0.513. The Morgan fingerprint density at radius 1 is 0.938 bits per heavy atom. The number of hydrogen-bond donors (Lipinski definition) is 1. The fourth-order valence-corrected chi connectivity index (χ4v) is 4.94. The molecule has 9 heteroatoms. The molecule has 0 unspecified atom stereocenters. The van der Waals surface area contributed by atoms with Gasteiger partial charge >= 0.3 is 5.69 Å². The molecule has 0 aliphatic carbocycles. The number of sulfone groups is 1. The second-order valence-corrected chi connectivity index (χ2v) is 9.41. The third kappa shape index (κ3) is 3.50. The number of benzene rings is 3. The van der Waals surface area contributed by atoms with Crippen molar-refractivity contribution in [2.75, 3.05) is 5.32 Å². The van der Waals surface area contributed by atoms with E-state index in [9.17, 15) is 22.4 Å². The van der Waals surface area contributed by atoms with Crippen molar-refractivity contribution in [1.82, 2.24) is 9.13 Å². The fraction of sp³-hybridized carbons (Fsp3) is 0.130. The lowest BCUT2D eigenvalue weighted by molar-refractivity contribution is 0.102. The van der Waals surface area contributed by atoms with Crippen molar-refractivity contribution in [3.63, 3.8) is 0 Å². The number of aryl methyl sites for hydroxylation is 3. The first-order valence-corrected chi connectivity index (χ1v) is 11.2. The van der Waals surface area contributed by atoms with E-state index in [2.05, 4.69) is 5.32 Å². The van der Waals surface area contributed by atoms with Gasteiger partial charge in [0.1, 0.15) is 5.82 Å².